The Morgan fingerprint density at radius 3 is 2.39 bits per heavy atom. The van der Waals surface area contributed by atoms with Crippen LogP contribution >= 0.6 is 0 Å². The van der Waals surface area contributed by atoms with Crippen molar-refractivity contribution in [3.05, 3.63) is 65.2 Å². The zero-order valence-corrected chi connectivity index (χ0v) is 17.8. The SMILES string of the molecule is Cc1cccc(N(CC(=O)NC2CCCCC2)C(=O)Cc2ccc(C(=O)NO)cc2)c1. The Bertz CT molecular complexity index is 921. The number of benzene rings is 2. The molecule has 2 aromatic carbocycles. The first-order chi connectivity index (χ1) is 15.0. The Hall–Kier alpha value is -3.19. The van der Waals surface area contributed by atoms with Gasteiger partial charge in [-0.1, -0.05) is 43.5 Å². The predicted octanol–water partition coefficient (Wildman–Crippen LogP) is 3.14. The van der Waals surface area contributed by atoms with Gasteiger partial charge in [0, 0.05) is 17.3 Å². The zero-order chi connectivity index (χ0) is 22.2. The van der Waals surface area contributed by atoms with Crippen molar-refractivity contribution in [3.8, 4) is 0 Å². The normalized spacial score (nSPS) is 14.0. The molecule has 1 aliphatic rings. The molecule has 0 atom stereocenters. The minimum Gasteiger partial charge on any atom is -0.352 e. The van der Waals surface area contributed by atoms with E-state index in [0.717, 1.165) is 31.2 Å². The van der Waals surface area contributed by atoms with Crippen LogP contribution in [0.5, 0.6) is 0 Å². The van der Waals surface area contributed by atoms with Crippen LogP contribution in [0.2, 0.25) is 0 Å². The van der Waals surface area contributed by atoms with Crippen LogP contribution < -0.4 is 15.7 Å². The van der Waals surface area contributed by atoms with Crippen LogP contribution in [0, 0.1) is 6.92 Å². The van der Waals surface area contributed by atoms with Crippen LogP contribution in [-0.4, -0.2) is 35.5 Å². The summed E-state index contributed by atoms with van der Waals surface area (Å²) in [4.78, 5) is 38.9. The quantitative estimate of drug-likeness (QED) is 0.471. The Balaban J connectivity index is 1.73. The average Bonchev–Trinajstić information content (AvgIpc) is 2.78. The van der Waals surface area contributed by atoms with Gasteiger partial charge in [-0.3, -0.25) is 19.6 Å². The summed E-state index contributed by atoms with van der Waals surface area (Å²) in [7, 11) is 0. The molecular weight excluding hydrogens is 394 g/mol. The Labute approximate surface area is 182 Å². The fourth-order valence-corrected chi connectivity index (χ4v) is 3.89. The molecule has 0 saturated heterocycles. The lowest BCUT2D eigenvalue weighted by atomic mass is 9.95. The van der Waals surface area contributed by atoms with Gasteiger partial charge in [0.05, 0.1) is 6.42 Å². The highest BCUT2D eigenvalue weighted by atomic mass is 16.5. The standard InChI is InChI=1S/C24H29N3O4/c1-17-6-5-9-21(14-17)27(16-22(28)25-20-7-3-2-4-8-20)23(29)15-18-10-12-19(13-11-18)24(30)26-31/h5-6,9-14,20,31H,2-4,7-8,15-16H2,1H3,(H,25,28)(H,26,30). The number of hydrogen-bond donors (Lipinski definition) is 3. The molecule has 7 nitrogen and oxygen atoms in total. The molecule has 31 heavy (non-hydrogen) atoms. The second-order valence-electron chi connectivity index (χ2n) is 8.04. The van der Waals surface area contributed by atoms with E-state index in [1.807, 2.05) is 31.2 Å². The second kappa shape index (κ2) is 10.7. The van der Waals surface area contributed by atoms with Crippen molar-refractivity contribution < 1.29 is 19.6 Å². The van der Waals surface area contributed by atoms with E-state index in [1.165, 1.54) is 11.3 Å². The third-order valence-corrected chi connectivity index (χ3v) is 5.56. The van der Waals surface area contributed by atoms with Crippen LogP contribution in [0.25, 0.3) is 0 Å². The van der Waals surface area contributed by atoms with Crippen molar-refractivity contribution in [3.63, 3.8) is 0 Å². The minimum atomic E-state index is -0.612. The molecule has 164 valence electrons. The molecule has 0 spiro atoms. The lowest BCUT2D eigenvalue weighted by Crippen LogP contribution is -2.45. The zero-order valence-electron chi connectivity index (χ0n) is 17.8. The highest BCUT2D eigenvalue weighted by Crippen LogP contribution is 2.20. The molecule has 3 rings (SSSR count). The van der Waals surface area contributed by atoms with Crippen molar-refractivity contribution in [1.29, 1.82) is 0 Å². The molecule has 0 aromatic heterocycles. The van der Waals surface area contributed by atoms with Crippen LogP contribution in [0.1, 0.15) is 53.6 Å². The molecule has 2 aromatic rings. The van der Waals surface area contributed by atoms with E-state index in [9.17, 15) is 14.4 Å². The van der Waals surface area contributed by atoms with Crippen molar-refractivity contribution in [2.75, 3.05) is 11.4 Å². The molecule has 1 aliphatic carbocycles. The van der Waals surface area contributed by atoms with Crippen molar-refractivity contribution in [1.82, 2.24) is 10.8 Å². The maximum atomic E-state index is 13.2. The van der Waals surface area contributed by atoms with E-state index >= 15 is 0 Å². The van der Waals surface area contributed by atoms with E-state index in [1.54, 1.807) is 29.7 Å². The number of nitrogens with zero attached hydrogens (tertiary/aromatic N) is 1. The summed E-state index contributed by atoms with van der Waals surface area (Å²) in [6.07, 6.45) is 5.51. The van der Waals surface area contributed by atoms with Crippen LogP contribution in [0.4, 0.5) is 5.69 Å². The molecule has 3 N–H and O–H groups in total. The number of carbonyl (C=O) groups is 3. The number of anilines is 1. The number of aryl methyl sites for hydroxylation is 1. The molecule has 3 amide bonds. The molecule has 0 heterocycles. The lowest BCUT2D eigenvalue weighted by Gasteiger charge is -2.26. The van der Waals surface area contributed by atoms with Gasteiger partial charge in [-0.05, 0) is 55.2 Å². The number of nitrogens with one attached hydrogen (secondary N) is 2. The molecule has 0 unspecified atom stereocenters. The van der Waals surface area contributed by atoms with Gasteiger partial charge in [0.2, 0.25) is 11.8 Å². The maximum Gasteiger partial charge on any atom is 0.274 e. The summed E-state index contributed by atoms with van der Waals surface area (Å²) in [6, 6.07) is 14.1. The van der Waals surface area contributed by atoms with E-state index in [4.69, 9.17) is 5.21 Å². The van der Waals surface area contributed by atoms with Gasteiger partial charge in [-0.2, -0.15) is 0 Å². The molecule has 0 radical (unpaired) electrons. The Morgan fingerprint density at radius 2 is 1.74 bits per heavy atom. The van der Waals surface area contributed by atoms with E-state index in [0.29, 0.717) is 16.8 Å². The largest absolute Gasteiger partial charge is 0.352 e. The smallest absolute Gasteiger partial charge is 0.274 e. The minimum absolute atomic E-state index is 0.0379. The molecule has 7 heteroatoms. The number of hydrogen-bond acceptors (Lipinski definition) is 4. The van der Waals surface area contributed by atoms with E-state index < -0.39 is 5.91 Å². The highest BCUT2D eigenvalue weighted by molar-refractivity contribution is 6.00. The van der Waals surface area contributed by atoms with Gasteiger partial charge in [0.1, 0.15) is 6.54 Å². The van der Waals surface area contributed by atoms with E-state index in [2.05, 4.69) is 5.32 Å². The van der Waals surface area contributed by atoms with Gasteiger partial charge in [0.15, 0.2) is 0 Å². The molecule has 0 aliphatic heterocycles. The third kappa shape index (κ3) is 6.39. The molecular formula is C24H29N3O4. The molecule has 1 fully saturated rings. The summed E-state index contributed by atoms with van der Waals surface area (Å²) < 4.78 is 0. The fraction of sp³-hybridized carbons (Fsp3) is 0.375. The van der Waals surface area contributed by atoms with Crippen molar-refractivity contribution in [2.24, 2.45) is 0 Å². The van der Waals surface area contributed by atoms with Crippen molar-refractivity contribution >= 4 is 23.4 Å². The van der Waals surface area contributed by atoms with Crippen LogP contribution in [0.3, 0.4) is 0 Å². The van der Waals surface area contributed by atoms with Gasteiger partial charge in [0.25, 0.3) is 5.91 Å². The summed E-state index contributed by atoms with van der Waals surface area (Å²) in [6.45, 7) is 1.91. The number of rotatable bonds is 7. The first-order valence-corrected chi connectivity index (χ1v) is 10.7. The average molecular weight is 424 g/mol. The van der Waals surface area contributed by atoms with Gasteiger partial charge >= 0.3 is 0 Å². The number of carbonyl (C=O) groups excluding carboxylic acids is 3. The Kier molecular flexibility index (Phi) is 7.78. The topological polar surface area (TPSA) is 98.7 Å². The van der Waals surface area contributed by atoms with Gasteiger partial charge in [-0.15, -0.1) is 0 Å². The predicted molar refractivity (Wildman–Crippen MR) is 118 cm³/mol. The monoisotopic (exact) mass is 423 g/mol. The van der Waals surface area contributed by atoms with Gasteiger partial charge < -0.3 is 10.2 Å². The molecule has 0 bridgehead atoms. The summed E-state index contributed by atoms with van der Waals surface area (Å²) in [5.41, 5.74) is 4.27. The Morgan fingerprint density at radius 1 is 1.03 bits per heavy atom. The first-order valence-electron chi connectivity index (χ1n) is 10.7. The number of hydroxylamine groups is 1. The number of amides is 3. The third-order valence-electron chi connectivity index (χ3n) is 5.56. The summed E-state index contributed by atoms with van der Waals surface area (Å²) in [5, 5.41) is 11.8. The lowest BCUT2D eigenvalue weighted by molar-refractivity contribution is -0.124. The van der Waals surface area contributed by atoms with Crippen molar-refractivity contribution in [2.45, 2.75) is 51.5 Å². The highest BCUT2D eigenvalue weighted by Gasteiger charge is 2.22. The second-order valence-corrected chi connectivity index (χ2v) is 8.04. The first kappa shape index (κ1) is 22.5. The molecule has 1 saturated carbocycles. The fourth-order valence-electron chi connectivity index (χ4n) is 3.89. The van der Waals surface area contributed by atoms with Crippen LogP contribution in [0.15, 0.2) is 48.5 Å². The van der Waals surface area contributed by atoms with Gasteiger partial charge in [-0.25, -0.2) is 5.48 Å². The summed E-state index contributed by atoms with van der Waals surface area (Å²) in [5.74, 6) is -0.973. The maximum absolute atomic E-state index is 13.2. The van der Waals surface area contributed by atoms with Crippen LogP contribution in [-0.2, 0) is 16.0 Å². The summed E-state index contributed by atoms with van der Waals surface area (Å²) >= 11 is 0. The van der Waals surface area contributed by atoms with E-state index in [-0.39, 0.29) is 30.8 Å².